The lowest BCUT2D eigenvalue weighted by molar-refractivity contribution is -0.192. The van der Waals surface area contributed by atoms with Crippen LogP contribution in [0.4, 0.5) is 13.2 Å². The normalized spacial score (nSPS) is 26.0. The van der Waals surface area contributed by atoms with Crippen LogP contribution in [0.3, 0.4) is 0 Å². The Bertz CT molecular complexity index is 626. The van der Waals surface area contributed by atoms with Gasteiger partial charge in [0.1, 0.15) is 0 Å². The van der Waals surface area contributed by atoms with Gasteiger partial charge in [0.25, 0.3) is 0 Å². The van der Waals surface area contributed by atoms with Crippen molar-refractivity contribution in [2.24, 2.45) is 0 Å². The summed E-state index contributed by atoms with van der Waals surface area (Å²) in [5, 5.41) is 10.5. The Kier molecular flexibility index (Phi) is 7.61. The number of aryl methyl sites for hydroxylation is 1. The molecule has 10 heteroatoms. The fourth-order valence-corrected chi connectivity index (χ4v) is 4.07. The van der Waals surface area contributed by atoms with Crippen LogP contribution in [0, 0.1) is 6.92 Å². The summed E-state index contributed by atoms with van der Waals surface area (Å²) in [5.74, 6) is -2.76. The molecule has 6 nitrogen and oxygen atoms in total. The summed E-state index contributed by atoms with van der Waals surface area (Å²) in [7, 11) is 0. The summed E-state index contributed by atoms with van der Waals surface area (Å²) in [6.45, 7) is 8.80. The predicted octanol–water partition coefficient (Wildman–Crippen LogP) is 3.24. The van der Waals surface area contributed by atoms with Crippen molar-refractivity contribution in [1.29, 1.82) is 0 Å². The topological polar surface area (TPSA) is 71.9 Å². The van der Waals surface area contributed by atoms with E-state index in [0.717, 1.165) is 44.3 Å². The maximum Gasteiger partial charge on any atom is 0.490 e. The van der Waals surface area contributed by atoms with Crippen LogP contribution in [-0.2, 0) is 20.8 Å². The molecule has 0 bridgehead atoms. The van der Waals surface area contributed by atoms with Gasteiger partial charge in [0.05, 0.1) is 29.0 Å². The molecule has 1 aromatic heterocycles. The van der Waals surface area contributed by atoms with Gasteiger partial charge >= 0.3 is 12.1 Å². The SMILES string of the molecule is CCOC1COC2(CCCN(Cc3csc(C)n3)C2)C1.O=C(O)C(F)(F)F. The molecule has 2 atom stereocenters. The van der Waals surface area contributed by atoms with Crippen molar-refractivity contribution in [1.82, 2.24) is 9.88 Å². The summed E-state index contributed by atoms with van der Waals surface area (Å²) < 4.78 is 43.6. The number of nitrogens with zero attached hydrogens (tertiary/aromatic N) is 2. The fourth-order valence-electron chi connectivity index (χ4n) is 3.47. The largest absolute Gasteiger partial charge is 0.490 e. The van der Waals surface area contributed by atoms with E-state index in [4.69, 9.17) is 19.4 Å². The van der Waals surface area contributed by atoms with Gasteiger partial charge in [0.2, 0.25) is 0 Å². The second-order valence-corrected chi connectivity index (χ2v) is 7.81. The summed E-state index contributed by atoms with van der Waals surface area (Å²) in [6.07, 6.45) is -1.36. The highest BCUT2D eigenvalue weighted by Gasteiger charge is 2.43. The van der Waals surface area contributed by atoms with E-state index in [1.807, 2.05) is 0 Å². The van der Waals surface area contributed by atoms with Gasteiger partial charge in [-0.05, 0) is 33.2 Å². The molecule has 0 aromatic carbocycles. The Morgan fingerprint density at radius 2 is 2.26 bits per heavy atom. The van der Waals surface area contributed by atoms with Gasteiger partial charge in [-0.25, -0.2) is 9.78 Å². The average Bonchev–Trinajstić information content (AvgIpc) is 3.14. The molecule has 2 aliphatic rings. The molecular weight excluding hydrogens is 385 g/mol. The van der Waals surface area contributed by atoms with Gasteiger partial charge in [-0.15, -0.1) is 11.3 Å². The quantitative estimate of drug-likeness (QED) is 0.822. The van der Waals surface area contributed by atoms with Crippen molar-refractivity contribution in [3.8, 4) is 0 Å². The first-order valence-electron chi connectivity index (χ1n) is 8.82. The van der Waals surface area contributed by atoms with Gasteiger partial charge in [-0.3, -0.25) is 4.90 Å². The number of aliphatic carboxylic acids is 1. The van der Waals surface area contributed by atoms with Gasteiger partial charge in [0, 0.05) is 31.5 Å². The van der Waals surface area contributed by atoms with Crippen molar-refractivity contribution in [3.05, 3.63) is 16.1 Å². The number of hydrogen-bond donors (Lipinski definition) is 1. The zero-order valence-electron chi connectivity index (χ0n) is 15.4. The van der Waals surface area contributed by atoms with Gasteiger partial charge < -0.3 is 14.6 Å². The lowest BCUT2D eigenvalue weighted by Gasteiger charge is -2.39. The monoisotopic (exact) mass is 410 g/mol. The highest BCUT2D eigenvalue weighted by atomic mass is 32.1. The molecule has 27 heavy (non-hydrogen) atoms. The molecule has 0 radical (unpaired) electrons. The van der Waals surface area contributed by atoms with Crippen LogP contribution in [-0.4, -0.2) is 65.1 Å². The van der Waals surface area contributed by atoms with E-state index in [-0.39, 0.29) is 5.60 Å². The summed E-state index contributed by atoms with van der Waals surface area (Å²) in [4.78, 5) is 16.0. The maximum absolute atomic E-state index is 10.6. The Labute approximate surface area is 160 Å². The minimum absolute atomic E-state index is 0.0309. The van der Waals surface area contributed by atoms with Gasteiger partial charge in [-0.2, -0.15) is 13.2 Å². The molecule has 2 aliphatic heterocycles. The van der Waals surface area contributed by atoms with E-state index < -0.39 is 12.1 Å². The van der Waals surface area contributed by atoms with E-state index in [1.54, 1.807) is 11.3 Å². The van der Waals surface area contributed by atoms with Gasteiger partial charge in [0.15, 0.2) is 0 Å². The lowest BCUT2D eigenvalue weighted by atomic mass is 9.89. The third kappa shape index (κ3) is 6.70. The van der Waals surface area contributed by atoms with Crippen LogP contribution in [0.25, 0.3) is 0 Å². The molecule has 3 rings (SSSR count). The lowest BCUT2D eigenvalue weighted by Crippen LogP contribution is -2.47. The van der Waals surface area contributed by atoms with Crippen LogP contribution < -0.4 is 0 Å². The number of carboxylic acid groups (broad SMARTS) is 1. The number of likely N-dealkylation sites (tertiary alicyclic amines) is 1. The van der Waals surface area contributed by atoms with Crippen LogP contribution in [0.5, 0.6) is 0 Å². The van der Waals surface area contributed by atoms with Crippen molar-refractivity contribution >= 4 is 17.3 Å². The molecule has 3 heterocycles. The van der Waals surface area contributed by atoms with Crippen molar-refractivity contribution < 1.29 is 32.5 Å². The second kappa shape index (κ2) is 9.31. The van der Waals surface area contributed by atoms with E-state index >= 15 is 0 Å². The summed E-state index contributed by atoms with van der Waals surface area (Å²) in [5.41, 5.74) is 1.23. The number of piperidine rings is 1. The second-order valence-electron chi connectivity index (χ2n) is 6.75. The number of thiazole rings is 1. The summed E-state index contributed by atoms with van der Waals surface area (Å²) >= 11 is 1.73. The molecular formula is C17H25F3N2O4S. The first-order valence-corrected chi connectivity index (χ1v) is 9.70. The molecule has 2 saturated heterocycles. The Morgan fingerprint density at radius 3 is 2.81 bits per heavy atom. The van der Waals surface area contributed by atoms with E-state index in [0.29, 0.717) is 6.10 Å². The van der Waals surface area contributed by atoms with E-state index in [2.05, 4.69) is 29.1 Å². The number of ether oxygens (including phenoxy) is 2. The first-order chi connectivity index (χ1) is 12.6. The number of carboxylic acids is 1. The predicted molar refractivity (Wildman–Crippen MR) is 93.8 cm³/mol. The highest BCUT2D eigenvalue weighted by molar-refractivity contribution is 7.09. The van der Waals surface area contributed by atoms with Crippen molar-refractivity contribution in [2.45, 2.75) is 57.5 Å². The molecule has 0 amide bonds. The number of aromatic nitrogens is 1. The van der Waals surface area contributed by atoms with Crippen molar-refractivity contribution in [2.75, 3.05) is 26.3 Å². The summed E-state index contributed by atoms with van der Waals surface area (Å²) in [6, 6.07) is 0. The number of carbonyl (C=O) groups is 1. The van der Waals surface area contributed by atoms with Crippen LogP contribution >= 0.6 is 11.3 Å². The fraction of sp³-hybridized carbons (Fsp3) is 0.765. The third-order valence-electron chi connectivity index (χ3n) is 4.49. The highest BCUT2D eigenvalue weighted by Crippen LogP contribution is 2.36. The van der Waals surface area contributed by atoms with Gasteiger partial charge in [-0.1, -0.05) is 0 Å². The average molecular weight is 410 g/mol. The smallest absolute Gasteiger partial charge is 0.475 e. The minimum Gasteiger partial charge on any atom is -0.475 e. The molecule has 0 saturated carbocycles. The minimum atomic E-state index is -5.08. The first kappa shape index (κ1) is 22.1. The zero-order chi connectivity index (χ0) is 20.1. The van der Waals surface area contributed by atoms with Crippen LogP contribution in [0.15, 0.2) is 5.38 Å². The molecule has 2 fully saturated rings. The molecule has 2 unspecified atom stereocenters. The third-order valence-corrected chi connectivity index (χ3v) is 5.31. The zero-order valence-corrected chi connectivity index (χ0v) is 16.2. The van der Waals surface area contributed by atoms with E-state index in [1.165, 1.54) is 18.5 Å². The molecule has 154 valence electrons. The number of halogens is 3. The molecule has 1 aromatic rings. The number of hydrogen-bond acceptors (Lipinski definition) is 6. The molecule has 0 aliphatic carbocycles. The molecule has 1 N–H and O–H groups in total. The number of rotatable bonds is 4. The Morgan fingerprint density at radius 1 is 1.56 bits per heavy atom. The van der Waals surface area contributed by atoms with Crippen LogP contribution in [0.2, 0.25) is 0 Å². The standard InChI is InChI=1S/C15H24N2O2S.C2HF3O2/c1-3-18-14-7-15(19-9-14)5-4-6-17(11-15)8-13-10-20-12(2)16-13;3-2(4,5)1(6)7/h10,14H,3-9,11H2,1-2H3;(H,6,7). The van der Waals surface area contributed by atoms with Crippen LogP contribution in [0.1, 0.15) is 36.9 Å². The number of alkyl halides is 3. The molecule has 1 spiro atoms. The van der Waals surface area contributed by atoms with Crippen molar-refractivity contribution in [3.63, 3.8) is 0 Å². The Balaban J connectivity index is 0.000000321. The maximum atomic E-state index is 10.6. The Hall–Kier alpha value is -1.23. The van der Waals surface area contributed by atoms with E-state index in [9.17, 15) is 13.2 Å².